The lowest BCUT2D eigenvalue weighted by Crippen LogP contribution is -2.40. The van der Waals surface area contributed by atoms with Crippen LogP contribution in [-0.2, 0) is 4.79 Å². The summed E-state index contributed by atoms with van der Waals surface area (Å²) in [6.07, 6.45) is 2.78. The van der Waals surface area contributed by atoms with Crippen LogP contribution in [0.2, 0.25) is 0 Å². The first-order valence-corrected chi connectivity index (χ1v) is 6.65. The molecule has 0 radical (unpaired) electrons. The zero-order valence-electron chi connectivity index (χ0n) is 11.3. The molecular formula is C15H16FNO4. The molecule has 0 aromatic heterocycles. The van der Waals surface area contributed by atoms with Crippen molar-refractivity contribution in [2.45, 2.75) is 18.9 Å². The van der Waals surface area contributed by atoms with Crippen LogP contribution in [0.1, 0.15) is 28.8 Å². The molecular weight excluding hydrogens is 277 g/mol. The second-order valence-corrected chi connectivity index (χ2v) is 4.93. The van der Waals surface area contributed by atoms with Crippen molar-refractivity contribution in [3.05, 3.63) is 41.2 Å². The minimum absolute atomic E-state index is 0.0843. The van der Waals surface area contributed by atoms with Gasteiger partial charge >= 0.3 is 5.97 Å². The summed E-state index contributed by atoms with van der Waals surface area (Å²) in [4.78, 5) is 24.3. The zero-order chi connectivity index (χ0) is 15.4. The predicted molar refractivity (Wildman–Crippen MR) is 74.2 cm³/mol. The lowest BCUT2D eigenvalue weighted by Gasteiger charge is -2.29. The van der Waals surface area contributed by atoms with E-state index in [0.717, 1.165) is 12.1 Å². The summed E-state index contributed by atoms with van der Waals surface area (Å²) >= 11 is 0. The van der Waals surface area contributed by atoms with Crippen molar-refractivity contribution in [1.82, 2.24) is 4.90 Å². The summed E-state index contributed by atoms with van der Waals surface area (Å²) in [7, 11) is 0. The molecule has 0 unspecified atom stereocenters. The SMILES string of the molecule is O=C(O)C=Cc1ccc(F)c(C(=O)N2CCC(O)CC2)c1. The van der Waals surface area contributed by atoms with Crippen LogP contribution < -0.4 is 0 Å². The Morgan fingerprint density at radius 2 is 1.95 bits per heavy atom. The van der Waals surface area contributed by atoms with Crippen molar-refractivity contribution >= 4 is 18.0 Å². The quantitative estimate of drug-likeness (QED) is 0.828. The van der Waals surface area contributed by atoms with Gasteiger partial charge in [-0.25, -0.2) is 9.18 Å². The van der Waals surface area contributed by atoms with Crippen LogP contribution in [0.25, 0.3) is 6.08 Å². The summed E-state index contributed by atoms with van der Waals surface area (Å²) < 4.78 is 13.8. The standard InChI is InChI=1S/C15H16FNO4/c16-13-3-1-10(2-4-14(19)20)9-12(13)15(21)17-7-5-11(18)6-8-17/h1-4,9,11,18H,5-8H2,(H,19,20). The number of halogens is 1. The van der Waals surface area contributed by atoms with Crippen LogP contribution in [0.3, 0.4) is 0 Å². The normalized spacial score (nSPS) is 16.4. The molecule has 1 fully saturated rings. The summed E-state index contributed by atoms with van der Waals surface area (Å²) in [5, 5.41) is 18.0. The van der Waals surface area contributed by atoms with E-state index < -0.39 is 23.8 Å². The Balaban J connectivity index is 2.20. The molecule has 1 aliphatic heterocycles. The van der Waals surface area contributed by atoms with Gasteiger partial charge in [0.25, 0.3) is 5.91 Å². The van der Waals surface area contributed by atoms with Crippen molar-refractivity contribution in [2.75, 3.05) is 13.1 Å². The van der Waals surface area contributed by atoms with E-state index in [4.69, 9.17) is 5.11 Å². The molecule has 0 aliphatic carbocycles. The van der Waals surface area contributed by atoms with Crippen molar-refractivity contribution in [2.24, 2.45) is 0 Å². The van der Waals surface area contributed by atoms with Crippen molar-refractivity contribution in [1.29, 1.82) is 0 Å². The van der Waals surface area contributed by atoms with Crippen LogP contribution >= 0.6 is 0 Å². The number of piperidine rings is 1. The van der Waals surface area contributed by atoms with Gasteiger partial charge in [-0.05, 0) is 36.6 Å². The molecule has 2 N–H and O–H groups in total. The number of nitrogens with zero attached hydrogens (tertiary/aromatic N) is 1. The molecule has 5 nitrogen and oxygen atoms in total. The average molecular weight is 293 g/mol. The minimum Gasteiger partial charge on any atom is -0.478 e. The maximum Gasteiger partial charge on any atom is 0.328 e. The van der Waals surface area contributed by atoms with E-state index in [-0.39, 0.29) is 5.56 Å². The van der Waals surface area contributed by atoms with E-state index in [1.807, 2.05) is 0 Å². The summed E-state index contributed by atoms with van der Waals surface area (Å²) in [6, 6.07) is 3.89. The van der Waals surface area contributed by atoms with E-state index in [1.54, 1.807) is 0 Å². The number of aliphatic hydroxyl groups is 1. The number of carbonyl (C=O) groups excluding carboxylic acids is 1. The molecule has 0 spiro atoms. The molecule has 1 aromatic rings. The number of amides is 1. The number of likely N-dealkylation sites (tertiary alicyclic amines) is 1. The number of carboxylic acid groups (broad SMARTS) is 1. The topological polar surface area (TPSA) is 77.8 Å². The molecule has 1 saturated heterocycles. The van der Waals surface area contributed by atoms with E-state index in [9.17, 15) is 19.1 Å². The Morgan fingerprint density at radius 3 is 2.57 bits per heavy atom. The summed E-state index contributed by atoms with van der Waals surface area (Å²) in [5.41, 5.74) is 0.359. The maximum atomic E-state index is 13.8. The zero-order valence-corrected chi connectivity index (χ0v) is 11.3. The van der Waals surface area contributed by atoms with Crippen LogP contribution in [0.15, 0.2) is 24.3 Å². The first-order chi connectivity index (χ1) is 9.97. The summed E-state index contributed by atoms with van der Waals surface area (Å²) in [6.45, 7) is 0.767. The van der Waals surface area contributed by atoms with Crippen molar-refractivity contribution in [3.63, 3.8) is 0 Å². The molecule has 1 heterocycles. The smallest absolute Gasteiger partial charge is 0.328 e. The van der Waals surface area contributed by atoms with Gasteiger partial charge in [0.15, 0.2) is 0 Å². The molecule has 112 valence electrons. The Bertz CT molecular complexity index is 577. The number of hydrogen-bond donors (Lipinski definition) is 2. The maximum absolute atomic E-state index is 13.8. The number of carboxylic acids is 1. The van der Waals surface area contributed by atoms with Gasteiger partial charge in [-0.15, -0.1) is 0 Å². The molecule has 1 amide bonds. The highest BCUT2D eigenvalue weighted by molar-refractivity contribution is 5.95. The molecule has 6 heteroatoms. The number of rotatable bonds is 3. The van der Waals surface area contributed by atoms with Gasteiger partial charge in [0, 0.05) is 19.2 Å². The van der Waals surface area contributed by atoms with Gasteiger partial charge in [0.05, 0.1) is 11.7 Å². The number of aliphatic hydroxyl groups excluding tert-OH is 1. The van der Waals surface area contributed by atoms with E-state index in [1.165, 1.54) is 23.1 Å². The van der Waals surface area contributed by atoms with Crippen molar-refractivity contribution in [3.8, 4) is 0 Å². The fourth-order valence-corrected chi connectivity index (χ4v) is 2.22. The number of benzene rings is 1. The average Bonchev–Trinajstić information content (AvgIpc) is 2.46. The van der Waals surface area contributed by atoms with Crippen LogP contribution in [0.4, 0.5) is 4.39 Å². The second kappa shape index (κ2) is 6.49. The predicted octanol–water partition coefficient (Wildman–Crippen LogP) is 1.52. The van der Waals surface area contributed by atoms with Crippen LogP contribution in [0.5, 0.6) is 0 Å². The Kier molecular flexibility index (Phi) is 4.70. The number of hydrogen-bond acceptors (Lipinski definition) is 3. The lowest BCUT2D eigenvalue weighted by atomic mass is 10.0. The molecule has 21 heavy (non-hydrogen) atoms. The first kappa shape index (κ1) is 15.2. The molecule has 1 aliphatic rings. The van der Waals surface area contributed by atoms with Crippen molar-refractivity contribution < 1.29 is 24.2 Å². The third-order valence-electron chi connectivity index (χ3n) is 3.39. The molecule has 0 bridgehead atoms. The fraction of sp³-hybridized carbons (Fsp3) is 0.333. The highest BCUT2D eigenvalue weighted by Crippen LogP contribution is 2.18. The van der Waals surface area contributed by atoms with Gasteiger partial charge in [0.1, 0.15) is 5.82 Å². The molecule has 0 saturated carbocycles. The second-order valence-electron chi connectivity index (χ2n) is 4.93. The lowest BCUT2D eigenvalue weighted by molar-refractivity contribution is -0.131. The van der Waals surface area contributed by atoms with Crippen LogP contribution in [-0.4, -0.2) is 46.2 Å². The van der Waals surface area contributed by atoms with Crippen LogP contribution in [0, 0.1) is 5.82 Å². The Hall–Kier alpha value is -2.21. The van der Waals surface area contributed by atoms with Gasteiger partial charge in [-0.3, -0.25) is 4.79 Å². The highest BCUT2D eigenvalue weighted by Gasteiger charge is 2.24. The van der Waals surface area contributed by atoms with E-state index >= 15 is 0 Å². The monoisotopic (exact) mass is 293 g/mol. The Labute approximate surface area is 121 Å². The third kappa shape index (κ3) is 3.88. The van der Waals surface area contributed by atoms with Gasteiger partial charge in [-0.2, -0.15) is 0 Å². The highest BCUT2D eigenvalue weighted by atomic mass is 19.1. The molecule has 2 rings (SSSR count). The molecule has 1 aromatic carbocycles. The fourth-order valence-electron chi connectivity index (χ4n) is 2.22. The first-order valence-electron chi connectivity index (χ1n) is 6.65. The van der Waals surface area contributed by atoms with Gasteiger partial charge < -0.3 is 15.1 Å². The Morgan fingerprint density at radius 1 is 1.29 bits per heavy atom. The van der Waals surface area contributed by atoms with E-state index in [2.05, 4.69) is 0 Å². The number of aliphatic carboxylic acids is 1. The van der Waals surface area contributed by atoms with E-state index in [0.29, 0.717) is 31.5 Å². The largest absolute Gasteiger partial charge is 0.478 e. The summed E-state index contributed by atoms with van der Waals surface area (Å²) in [5.74, 6) is -2.19. The molecule has 0 atom stereocenters. The van der Waals surface area contributed by atoms with Gasteiger partial charge in [0.2, 0.25) is 0 Å². The van der Waals surface area contributed by atoms with Gasteiger partial charge in [-0.1, -0.05) is 6.07 Å². The third-order valence-corrected chi connectivity index (χ3v) is 3.39. The number of carbonyl (C=O) groups is 2. The minimum atomic E-state index is -1.11.